The maximum absolute atomic E-state index is 12.5. The minimum absolute atomic E-state index is 0.0386. The zero-order valence-corrected chi connectivity index (χ0v) is 15.4. The Bertz CT molecular complexity index is 727. The molecule has 2 N–H and O–H groups in total. The summed E-state index contributed by atoms with van der Waals surface area (Å²) in [5.41, 5.74) is 0. The van der Waals surface area contributed by atoms with Gasteiger partial charge in [-0.25, -0.2) is 8.42 Å². The number of sulfonamides is 1. The molecule has 1 aliphatic heterocycles. The second-order valence-electron chi connectivity index (χ2n) is 6.16. The van der Waals surface area contributed by atoms with Gasteiger partial charge in [-0.3, -0.25) is 9.59 Å². The number of carboxylic acids is 1. The topological polar surface area (TPSA) is 104 Å². The standard InChI is InChI=1S/C16H21ClN2O5S/c1-11(18-25(23,24)14-4-2-13(17)3-5-14)16(22)19-8-6-12(7-9-19)10-15(20)21/h2-5,11-12,18H,6-10H2,1H3,(H,20,21). The van der Waals surface area contributed by atoms with E-state index in [-0.39, 0.29) is 23.1 Å². The molecule has 0 aliphatic carbocycles. The number of hydrogen-bond acceptors (Lipinski definition) is 4. The lowest BCUT2D eigenvalue weighted by Gasteiger charge is -2.33. The zero-order valence-electron chi connectivity index (χ0n) is 13.8. The molecule has 1 saturated heterocycles. The van der Waals surface area contributed by atoms with E-state index in [1.165, 1.54) is 31.2 Å². The molecule has 1 heterocycles. The maximum Gasteiger partial charge on any atom is 0.303 e. The normalized spacial score (nSPS) is 17.3. The first-order chi connectivity index (χ1) is 11.7. The van der Waals surface area contributed by atoms with E-state index < -0.39 is 22.0 Å². The summed E-state index contributed by atoms with van der Waals surface area (Å²) in [4.78, 5) is 24.8. The van der Waals surface area contributed by atoms with Gasteiger partial charge in [0.2, 0.25) is 15.9 Å². The Kier molecular flexibility index (Phi) is 6.42. The van der Waals surface area contributed by atoms with Crippen LogP contribution in [0.4, 0.5) is 0 Å². The number of halogens is 1. The van der Waals surface area contributed by atoms with E-state index in [1.54, 1.807) is 4.90 Å². The molecule has 1 aromatic rings. The minimum Gasteiger partial charge on any atom is -0.481 e. The van der Waals surface area contributed by atoms with E-state index in [4.69, 9.17) is 16.7 Å². The van der Waals surface area contributed by atoms with E-state index in [9.17, 15) is 18.0 Å². The Labute approximate surface area is 152 Å². The Hall–Kier alpha value is -1.64. The molecule has 0 aromatic heterocycles. The summed E-state index contributed by atoms with van der Waals surface area (Å²) in [6.07, 6.45) is 1.31. The van der Waals surface area contributed by atoms with Crippen LogP contribution in [0.5, 0.6) is 0 Å². The monoisotopic (exact) mass is 388 g/mol. The van der Waals surface area contributed by atoms with Crippen molar-refractivity contribution in [2.75, 3.05) is 13.1 Å². The number of likely N-dealkylation sites (tertiary alicyclic amines) is 1. The average Bonchev–Trinajstić information content (AvgIpc) is 2.54. The van der Waals surface area contributed by atoms with Crippen LogP contribution >= 0.6 is 11.6 Å². The van der Waals surface area contributed by atoms with Crippen molar-refractivity contribution in [3.05, 3.63) is 29.3 Å². The summed E-state index contributed by atoms with van der Waals surface area (Å²) in [5, 5.41) is 9.24. The fraction of sp³-hybridized carbons (Fsp3) is 0.500. The van der Waals surface area contributed by atoms with Crippen molar-refractivity contribution in [2.45, 2.75) is 37.1 Å². The number of aliphatic carboxylic acids is 1. The van der Waals surface area contributed by atoms with Crippen LogP contribution in [0.25, 0.3) is 0 Å². The Morgan fingerprint density at radius 3 is 2.36 bits per heavy atom. The van der Waals surface area contributed by atoms with Gasteiger partial charge in [0, 0.05) is 24.5 Å². The van der Waals surface area contributed by atoms with Gasteiger partial charge in [0.15, 0.2) is 0 Å². The quantitative estimate of drug-likeness (QED) is 0.772. The lowest BCUT2D eigenvalue weighted by Crippen LogP contribution is -2.49. The molecule has 25 heavy (non-hydrogen) atoms. The largest absolute Gasteiger partial charge is 0.481 e. The van der Waals surface area contributed by atoms with Crippen LogP contribution in [0.2, 0.25) is 5.02 Å². The molecule has 1 unspecified atom stereocenters. The first-order valence-electron chi connectivity index (χ1n) is 7.97. The van der Waals surface area contributed by atoms with Crippen molar-refractivity contribution in [3.63, 3.8) is 0 Å². The van der Waals surface area contributed by atoms with Crippen LogP contribution in [-0.2, 0) is 19.6 Å². The number of hydrogen-bond donors (Lipinski definition) is 2. The lowest BCUT2D eigenvalue weighted by molar-refractivity contribution is -0.138. The molecule has 0 radical (unpaired) electrons. The van der Waals surface area contributed by atoms with Crippen molar-refractivity contribution in [1.82, 2.24) is 9.62 Å². The van der Waals surface area contributed by atoms with Crippen molar-refractivity contribution in [3.8, 4) is 0 Å². The number of carbonyl (C=O) groups excluding carboxylic acids is 1. The summed E-state index contributed by atoms with van der Waals surface area (Å²) >= 11 is 5.75. The van der Waals surface area contributed by atoms with Crippen molar-refractivity contribution >= 4 is 33.5 Å². The predicted octanol–water partition coefficient (Wildman–Crippen LogP) is 1.72. The molecule has 1 atom stereocenters. The molecule has 138 valence electrons. The predicted molar refractivity (Wildman–Crippen MR) is 92.8 cm³/mol. The van der Waals surface area contributed by atoms with Gasteiger partial charge in [-0.1, -0.05) is 11.6 Å². The number of benzene rings is 1. The van der Waals surface area contributed by atoms with Gasteiger partial charge in [0.25, 0.3) is 0 Å². The second-order valence-corrected chi connectivity index (χ2v) is 8.31. The number of amides is 1. The first kappa shape index (κ1) is 19.7. The SMILES string of the molecule is CC(NS(=O)(=O)c1ccc(Cl)cc1)C(=O)N1CCC(CC(=O)O)CC1. The molecule has 1 amide bonds. The molecule has 0 saturated carbocycles. The third-order valence-corrected chi connectivity index (χ3v) is 6.02. The van der Waals surface area contributed by atoms with E-state index in [2.05, 4.69) is 4.72 Å². The molecule has 7 nitrogen and oxygen atoms in total. The molecule has 1 fully saturated rings. The minimum atomic E-state index is -3.82. The van der Waals surface area contributed by atoms with Gasteiger partial charge in [-0.15, -0.1) is 0 Å². The molecule has 0 spiro atoms. The summed E-state index contributed by atoms with van der Waals surface area (Å²) in [6, 6.07) is 4.78. The highest BCUT2D eigenvalue weighted by Gasteiger charge is 2.29. The van der Waals surface area contributed by atoms with Gasteiger partial charge < -0.3 is 10.0 Å². The second kappa shape index (κ2) is 8.16. The molecule has 9 heteroatoms. The van der Waals surface area contributed by atoms with Gasteiger partial charge in [-0.2, -0.15) is 4.72 Å². The van der Waals surface area contributed by atoms with Crippen LogP contribution in [0, 0.1) is 5.92 Å². The Morgan fingerprint density at radius 1 is 1.28 bits per heavy atom. The fourth-order valence-corrected chi connectivity index (χ4v) is 4.17. The highest BCUT2D eigenvalue weighted by atomic mass is 35.5. The number of nitrogens with one attached hydrogen (secondary N) is 1. The molecule has 0 bridgehead atoms. The third-order valence-electron chi connectivity index (χ3n) is 4.22. The molecular formula is C16H21ClN2O5S. The van der Waals surface area contributed by atoms with Crippen LogP contribution in [0.3, 0.4) is 0 Å². The Balaban J connectivity index is 1.94. The van der Waals surface area contributed by atoms with E-state index in [1.807, 2.05) is 0 Å². The van der Waals surface area contributed by atoms with Gasteiger partial charge in [0.1, 0.15) is 0 Å². The van der Waals surface area contributed by atoms with Crippen molar-refractivity contribution in [1.29, 1.82) is 0 Å². The highest BCUT2D eigenvalue weighted by Crippen LogP contribution is 2.21. The van der Waals surface area contributed by atoms with E-state index in [0.717, 1.165) is 0 Å². The molecule has 1 aromatic carbocycles. The molecule has 2 rings (SSSR count). The first-order valence-corrected chi connectivity index (χ1v) is 9.83. The van der Waals surface area contributed by atoms with Crippen LogP contribution < -0.4 is 4.72 Å². The summed E-state index contributed by atoms with van der Waals surface area (Å²) < 4.78 is 27.0. The van der Waals surface area contributed by atoms with E-state index >= 15 is 0 Å². The molecular weight excluding hydrogens is 368 g/mol. The number of carboxylic acid groups (broad SMARTS) is 1. The van der Waals surface area contributed by atoms with Crippen molar-refractivity contribution < 1.29 is 23.1 Å². The lowest BCUT2D eigenvalue weighted by atomic mass is 9.93. The number of nitrogens with zero attached hydrogens (tertiary/aromatic N) is 1. The van der Waals surface area contributed by atoms with Crippen LogP contribution in [0.1, 0.15) is 26.2 Å². The zero-order chi connectivity index (χ0) is 18.6. The number of rotatable bonds is 6. The molecule has 1 aliphatic rings. The van der Waals surface area contributed by atoms with Crippen molar-refractivity contribution in [2.24, 2.45) is 5.92 Å². The fourth-order valence-electron chi connectivity index (χ4n) is 2.84. The number of piperidine rings is 1. The van der Waals surface area contributed by atoms with Gasteiger partial charge in [-0.05, 0) is 49.9 Å². The maximum atomic E-state index is 12.5. The summed E-state index contributed by atoms with van der Waals surface area (Å²) in [5.74, 6) is -1.09. The van der Waals surface area contributed by atoms with Crippen LogP contribution in [-0.4, -0.2) is 49.4 Å². The smallest absolute Gasteiger partial charge is 0.303 e. The van der Waals surface area contributed by atoms with E-state index in [0.29, 0.717) is 31.0 Å². The van der Waals surface area contributed by atoms with Crippen LogP contribution in [0.15, 0.2) is 29.2 Å². The number of carbonyl (C=O) groups is 2. The van der Waals surface area contributed by atoms with Gasteiger partial charge >= 0.3 is 5.97 Å². The Morgan fingerprint density at radius 2 is 1.84 bits per heavy atom. The highest BCUT2D eigenvalue weighted by molar-refractivity contribution is 7.89. The summed E-state index contributed by atoms with van der Waals surface area (Å²) in [7, 11) is -3.82. The van der Waals surface area contributed by atoms with Gasteiger partial charge in [0.05, 0.1) is 10.9 Å². The summed E-state index contributed by atoms with van der Waals surface area (Å²) in [6.45, 7) is 2.37. The third kappa shape index (κ3) is 5.42. The average molecular weight is 389 g/mol.